The van der Waals surface area contributed by atoms with Crippen LogP contribution in [0, 0.1) is 96.9 Å². The third-order valence-electron chi connectivity index (χ3n) is 5.78. The lowest BCUT2D eigenvalue weighted by atomic mass is 10.5. The first-order chi connectivity index (χ1) is 32.0. The molecule has 0 spiro atoms. The van der Waals surface area contributed by atoms with E-state index in [1.807, 2.05) is 131 Å². The van der Waals surface area contributed by atoms with Gasteiger partial charge in [0.1, 0.15) is 44.9 Å². The normalized spacial score (nSPS) is 8.45. The molecule has 9 rings (SSSR count). The predicted molar refractivity (Wildman–Crippen MR) is 265 cm³/mol. The van der Waals surface area contributed by atoms with Gasteiger partial charge in [-0.1, -0.05) is 65.7 Å². The average molecular weight is 954 g/mol. The molecule has 9 aromatic heterocycles. The largest absolute Gasteiger partial charge is 0.426 e. The van der Waals surface area contributed by atoms with E-state index in [4.69, 9.17) is 4.42 Å². The number of aromatic amines is 5. The highest BCUT2D eigenvalue weighted by Gasteiger charge is 1.91. The number of hydrogen-bond acceptors (Lipinski definition) is 18. The summed E-state index contributed by atoms with van der Waals surface area (Å²) in [6.07, 6.45) is 10.3. The zero-order chi connectivity index (χ0) is 52.0. The second kappa shape index (κ2) is 45.5. The van der Waals surface area contributed by atoms with Gasteiger partial charge in [-0.15, -0.1) is 31.7 Å². The molecule has 0 bridgehead atoms. The Labute approximate surface area is 401 Å². The number of aryl methyl sites for hydroxylation is 14. The Morgan fingerprint density at radius 1 is 0.493 bits per heavy atom. The van der Waals surface area contributed by atoms with Crippen LogP contribution < -0.4 is 0 Å². The number of imidazole rings is 2. The van der Waals surface area contributed by atoms with Crippen LogP contribution in [0.3, 0.4) is 0 Å². The maximum absolute atomic E-state index is 4.86. The molecule has 5 N–H and O–H groups in total. The Balaban J connectivity index is -0.000000327. The summed E-state index contributed by atoms with van der Waals surface area (Å²) >= 11 is 1.62. The van der Waals surface area contributed by atoms with Gasteiger partial charge in [0.2, 0.25) is 17.7 Å². The molecule has 0 unspecified atom stereocenters. The van der Waals surface area contributed by atoms with E-state index >= 15 is 0 Å². The van der Waals surface area contributed by atoms with Crippen molar-refractivity contribution in [2.75, 3.05) is 0 Å². The third-order valence-corrected chi connectivity index (χ3v) is 6.53. The summed E-state index contributed by atoms with van der Waals surface area (Å²) in [6, 6.07) is 3.72. The fourth-order valence-electron chi connectivity index (χ4n) is 3.38. The van der Waals surface area contributed by atoms with Gasteiger partial charge in [0.25, 0.3) is 0 Å². The maximum atomic E-state index is 4.86. The molecule has 0 amide bonds. The SMILES string of the molecule is CC.CC.CC.CC.Cc1ccn[nH]1.Cc1ccno1.Cc1cnc[nH]1.Cc1n[nH]c(C)n1.Cc1n[nH]c(C)n1.Cc1ncc[nH]1.Cc1nnc(C)o1.Cc1nnc(C)s1.Cc1noc(C)n1. The van der Waals surface area contributed by atoms with Crippen LogP contribution in [-0.2, 0) is 0 Å². The quantitative estimate of drug-likeness (QED) is 0.0943. The molecule has 0 aliphatic heterocycles. The molecule has 0 aliphatic carbocycles. The van der Waals surface area contributed by atoms with Crippen molar-refractivity contribution in [3.05, 3.63) is 129 Å². The number of nitrogens with zero attached hydrogens (tertiary/aromatic N) is 14. The van der Waals surface area contributed by atoms with Crippen LogP contribution in [0.5, 0.6) is 0 Å². The fraction of sp³-hybridized carbons (Fsp3) is 0.500. The van der Waals surface area contributed by atoms with E-state index in [-0.39, 0.29) is 0 Å². The van der Waals surface area contributed by atoms with Gasteiger partial charge in [0, 0.05) is 63.0 Å². The molecule has 0 atom stereocenters. The van der Waals surface area contributed by atoms with Gasteiger partial charge in [-0.2, -0.15) is 20.3 Å². The minimum Gasteiger partial charge on any atom is -0.426 e. The molecule has 0 aromatic carbocycles. The van der Waals surface area contributed by atoms with Crippen molar-refractivity contribution in [2.45, 2.75) is 152 Å². The van der Waals surface area contributed by atoms with E-state index < -0.39 is 0 Å². The van der Waals surface area contributed by atoms with Crippen molar-refractivity contribution < 1.29 is 13.5 Å². The smallest absolute Gasteiger partial charge is 0.223 e. The molecule has 0 fully saturated rings. The molecule has 9 heterocycles. The highest BCUT2D eigenvalue weighted by atomic mass is 32.1. The first-order valence-corrected chi connectivity index (χ1v) is 22.6. The summed E-state index contributed by atoms with van der Waals surface area (Å²) in [5.74, 6) is 7.74. The minimum absolute atomic E-state index is 0.623. The van der Waals surface area contributed by atoms with Crippen LogP contribution in [0.2, 0.25) is 0 Å². The molecular formula is C44H79N19O3S. The van der Waals surface area contributed by atoms with Crippen LogP contribution in [0.25, 0.3) is 0 Å². The lowest BCUT2D eigenvalue weighted by Gasteiger charge is -1.70. The number of hydrogen-bond donors (Lipinski definition) is 5. The van der Waals surface area contributed by atoms with Gasteiger partial charge in [-0.25, -0.2) is 19.9 Å². The third kappa shape index (κ3) is 44.0. The Hall–Kier alpha value is -7.04. The van der Waals surface area contributed by atoms with Crippen molar-refractivity contribution in [1.29, 1.82) is 0 Å². The van der Waals surface area contributed by atoms with E-state index in [0.717, 1.165) is 56.3 Å². The Morgan fingerprint density at radius 2 is 1.03 bits per heavy atom. The van der Waals surface area contributed by atoms with E-state index in [1.54, 1.807) is 82.4 Å². The molecule has 374 valence electrons. The number of nitrogens with one attached hydrogen (secondary N) is 5. The molecule has 0 saturated heterocycles. The molecule has 9 aromatic rings. The number of H-pyrrole nitrogens is 5. The van der Waals surface area contributed by atoms with Crippen molar-refractivity contribution >= 4 is 11.3 Å². The van der Waals surface area contributed by atoms with Gasteiger partial charge in [-0.3, -0.25) is 15.3 Å². The summed E-state index contributed by atoms with van der Waals surface area (Å²) < 4.78 is 14.0. The minimum atomic E-state index is 0.623. The second-order valence-corrected chi connectivity index (χ2v) is 13.1. The van der Waals surface area contributed by atoms with Gasteiger partial charge in [-0.05, 0) is 82.2 Å². The van der Waals surface area contributed by atoms with Crippen LogP contribution in [0.4, 0.5) is 0 Å². The molecule has 0 aliphatic rings. The number of aromatic nitrogens is 19. The van der Waals surface area contributed by atoms with E-state index in [2.05, 4.69) is 105 Å². The molecule has 0 saturated carbocycles. The Bertz CT molecular complexity index is 1820. The van der Waals surface area contributed by atoms with Gasteiger partial charge < -0.3 is 23.4 Å². The summed E-state index contributed by atoms with van der Waals surface area (Å²) in [4.78, 5) is 25.1. The number of rotatable bonds is 0. The van der Waals surface area contributed by atoms with E-state index in [0.29, 0.717) is 23.5 Å². The van der Waals surface area contributed by atoms with Crippen LogP contribution in [0.15, 0.2) is 62.9 Å². The summed E-state index contributed by atoms with van der Waals surface area (Å²) in [7, 11) is 0. The van der Waals surface area contributed by atoms with Crippen LogP contribution in [-0.4, -0.2) is 96.2 Å². The van der Waals surface area contributed by atoms with Crippen LogP contribution >= 0.6 is 11.3 Å². The Morgan fingerprint density at radius 3 is 1.15 bits per heavy atom. The lowest BCUT2D eigenvalue weighted by molar-refractivity contribution is 0.389. The Kier molecular flexibility index (Phi) is 45.2. The van der Waals surface area contributed by atoms with E-state index in [9.17, 15) is 0 Å². The zero-order valence-corrected chi connectivity index (χ0v) is 44.8. The fourth-order valence-corrected chi connectivity index (χ4v) is 3.97. The molecular weight excluding hydrogens is 875 g/mol. The first kappa shape index (κ1) is 66.6. The second-order valence-electron chi connectivity index (χ2n) is 11.7. The predicted octanol–water partition coefficient (Wildman–Crippen LogP) is 10.6. The first-order valence-electron chi connectivity index (χ1n) is 21.8. The molecule has 0 radical (unpaired) electrons. The van der Waals surface area contributed by atoms with Crippen LogP contribution in [0.1, 0.15) is 135 Å². The van der Waals surface area contributed by atoms with Gasteiger partial charge >= 0.3 is 0 Å². The zero-order valence-electron chi connectivity index (χ0n) is 44.0. The van der Waals surface area contributed by atoms with Crippen molar-refractivity contribution in [1.82, 2.24) is 96.2 Å². The lowest BCUT2D eigenvalue weighted by Crippen LogP contribution is -1.70. The topological polar surface area (TPSA) is 299 Å². The molecule has 23 heteroatoms. The highest BCUT2D eigenvalue weighted by Crippen LogP contribution is 2.04. The summed E-state index contributed by atoms with van der Waals surface area (Å²) in [5.41, 5.74) is 2.21. The van der Waals surface area contributed by atoms with Gasteiger partial charge in [0.05, 0.1) is 12.5 Å². The average Bonchev–Trinajstić information content (AvgIpc) is 4.16. The van der Waals surface area contributed by atoms with Gasteiger partial charge in [0.15, 0.2) is 5.82 Å². The standard InChI is InChI=1S/2C4H7N3.2C4H6N2O.C4H6N2S.3C4H6N2.C4H5NO.4C2H6/c2*1-3-5-4(2)7-6-3;1-3-5-6-4(2)7-3;1-3-5-4(2)7-6-3;1-3-5-6-4(2)7-3;1-4-2-5-3-6-4;1-4-5-2-3-6-4;2*1-4-2-3-5-6-4;4*1-2/h2*1-2H3,(H,5,6,7);3*1-2H3;3*2-3H,1H3,(H,5,6);2-3H,1H3;4*1-2H3. The highest BCUT2D eigenvalue weighted by molar-refractivity contribution is 7.11. The maximum Gasteiger partial charge on any atom is 0.223 e. The van der Waals surface area contributed by atoms with Crippen molar-refractivity contribution in [3.63, 3.8) is 0 Å². The molecule has 22 nitrogen and oxygen atoms in total. The van der Waals surface area contributed by atoms with E-state index in [1.165, 1.54) is 0 Å². The van der Waals surface area contributed by atoms with Crippen molar-refractivity contribution in [3.8, 4) is 0 Å². The summed E-state index contributed by atoms with van der Waals surface area (Å²) in [6.45, 7) is 42.1. The monoisotopic (exact) mass is 954 g/mol. The van der Waals surface area contributed by atoms with Crippen molar-refractivity contribution in [2.24, 2.45) is 0 Å². The summed E-state index contributed by atoms with van der Waals surface area (Å²) in [5, 5.41) is 43.2. The molecule has 67 heavy (non-hydrogen) atoms.